The van der Waals surface area contributed by atoms with Crippen molar-refractivity contribution in [2.24, 2.45) is 0 Å². The fourth-order valence-corrected chi connectivity index (χ4v) is 5.29. The second kappa shape index (κ2) is 9.30. The number of anilines is 2. The Balaban J connectivity index is 1.62. The van der Waals surface area contributed by atoms with E-state index in [9.17, 15) is 9.59 Å². The lowest BCUT2D eigenvalue weighted by atomic mass is 9.96. The third kappa shape index (κ3) is 4.33. The summed E-state index contributed by atoms with van der Waals surface area (Å²) in [6.07, 6.45) is 6.33. The first-order valence-electron chi connectivity index (χ1n) is 10.5. The maximum Gasteiger partial charge on any atom is 0.341 e. The minimum atomic E-state index is -0.355. The minimum absolute atomic E-state index is 0.311. The van der Waals surface area contributed by atoms with Crippen LogP contribution in [0.1, 0.15) is 53.4 Å². The number of fused-ring (bicyclic) bond motifs is 2. The molecule has 5 nitrogen and oxygen atoms in total. The Morgan fingerprint density at radius 2 is 1.73 bits per heavy atom. The van der Waals surface area contributed by atoms with Crippen molar-refractivity contribution in [3.05, 3.63) is 58.5 Å². The molecular weight excluding hydrogens is 396 g/mol. The molecule has 1 aromatic heterocycles. The SMILES string of the molecule is CCOC(=O)c1c(NC(=O)Nc2cccc3ccccc23)sc2c1CCCCCC2. The van der Waals surface area contributed by atoms with Crippen LogP contribution in [0.15, 0.2) is 42.5 Å². The minimum Gasteiger partial charge on any atom is -0.462 e. The van der Waals surface area contributed by atoms with Crippen molar-refractivity contribution in [3.63, 3.8) is 0 Å². The molecule has 0 aliphatic heterocycles. The number of thiophene rings is 1. The number of aryl methyl sites for hydroxylation is 1. The molecule has 4 rings (SSSR count). The quantitative estimate of drug-likeness (QED) is 0.479. The second-order valence-corrected chi connectivity index (χ2v) is 8.55. The third-order valence-corrected chi connectivity index (χ3v) is 6.62. The molecule has 0 radical (unpaired) electrons. The number of hydrogen-bond donors (Lipinski definition) is 2. The number of amides is 2. The normalized spacial score (nSPS) is 13.8. The van der Waals surface area contributed by atoms with E-state index >= 15 is 0 Å². The first-order valence-corrected chi connectivity index (χ1v) is 11.4. The van der Waals surface area contributed by atoms with Crippen LogP contribution in [0.3, 0.4) is 0 Å². The van der Waals surface area contributed by atoms with Gasteiger partial charge in [-0.1, -0.05) is 49.2 Å². The van der Waals surface area contributed by atoms with E-state index in [1.54, 1.807) is 6.92 Å². The van der Waals surface area contributed by atoms with E-state index in [1.165, 1.54) is 29.1 Å². The molecule has 0 spiro atoms. The van der Waals surface area contributed by atoms with Crippen LogP contribution in [0.5, 0.6) is 0 Å². The van der Waals surface area contributed by atoms with Gasteiger partial charge in [-0.3, -0.25) is 5.32 Å². The van der Waals surface area contributed by atoms with Crippen molar-refractivity contribution in [3.8, 4) is 0 Å². The van der Waals surface area contributed by atoms with Gasteiger partial charge < -0.3 is 10.1 Å². The summed E-state index contributed by atoms with van der Waals surface area (Å²) in [5, 5.41) is 8.48. The summed E-state index contributed by atoms with van der Waals surface area (Å²) < 4.78 is 5.32. The smallest absolute Gasteiger partial charge is 0.341 e. The van der Waals surface area contributed by atoms with Crippen molar-refractivity contribution in [2.45, 2.75) is 45.4 Å². The average Bonchev–Trinajstić information content (AvgIpc) is 3.04. The summed E-state index contributed by atoms with van der Waals surface area (Å²) in [6, 6.07) is 13.4. The predicted octanol–water partition coefficient (Wildman–Crippen LogP) is 6.38. The molecular formula is C24H26N2O3S. The lowest BCUT2D eigenvalue weighted by Gasteiger charge is -2.12. The monoisotopic (exact) mass is 422 g/mol. The Hall–Kier alpha value is -2.86. The van der Waals surface area contributed by atoms with Crippen LogP contribution in [-0.4, -0.2) is 18.6 Å². The summed E-state index contributed by atoms with van der Waals surface area (Å²) in [6.45, 7) is 2.11. The van der Waals surface area contributed by atoms with Gasteiger partial charge in [0.25, 0.3) is 0 Å². The standard InChI is InChI=1S/C24H26N2O3S/c1-2-29-23(27)21-18-13-5-3-4-6-15-20(18)30-22(21)26-24(28)25-19-14-9-11-16-10-7-8-12-17(16)19/h7-12,14H,2-6,13,15H2,1H3,(H2,25,26,28). The van der Waals surface area contributed by atoms with Gasteiger partial charge in [-0.05, 0) is 49.6 Å². The van der Waals surface area contributed by atoms with Gasteiger partial charge in [0.2, 0.25) is 0 Å². The molecule has 0 bridgehead atoms. The molecule has 1 aliphatic carbocycles. The fraction of sp³-hybridized carbons (Fsp3) is 0.333. The zero-order valence-electron chi connectivity index (χ0n) is 17.1. The Labute approximate surface area is 180 Å². The maximum absolute atomic E-state index is 12.8. The van der Waals surface area contributed by atoms with Crippen LogP contribution < -0.4 is 10.6 Å². The molecule has 2 amide bonds. The van der Waals surface area contributed by atoms with Crippen LogP contribution in [0.25, 0.3) is 10.8 Å². The lowest BCUT2D eigenvalue weighted by Crippen LogP contribution is -2.21. The number of carbonyl (C=O) groups is 2. The van der Waals surface area contributed by atoms with Gasteiger partial charge in [0, 0.05) is 10.3 Å². The van der Waals surface area contributed by atoms with Crippen molar-refractivity contribution < 1.29 is 14.3 Å². The number of hydrogen-bond acceptors (Lipinski definition) is 4. The molecule has 30 heavy (non-hydrogen) atoms. The van der Waals surface area contributed by atoms with Gasteiger partial charge in [0.15, 0.2) is 0 Å². The molecule has 0 atom stereocenters. The van der Waals surface area contributed by atoms with Crippen LogP contribution in [-0.2, 0) is 17.6 Å². The van der Waals surface area contributed by atoms with Crippen LogP contribution in [0.2, 0.25) is 0 Å². The Morgan fingerprint density at radius 1 is 0.967 bits per heavy atom. The predicted molar refractivity (Wildman–Crippen MR) is 123 cm³/mol. The highest BCUT2D eigenvalue weighted by Gasteiger charge is 2.26. The van der Waals surface area contributed by atoms with Gasteiger partial charge in [0.05, 0.1) is 17.9 Å². The summed E-state index contributed by atoms with van der Waals surface area (Å²) in [5.74, 6) is -0.351. The Kier molecular flexibility index (Phi) is 6.33. The van der Waals surface area contributed by atoms with Gasteiger partial charge in [-0.25, -0.2) is 9.59 Å². The fourth-order valence-electron chi connectivity index (χ4n) is 4.02. The highest BCUT2D eigenvalue weighted by atomic mass is 32.1. The topological polar surface area (TPSA) is 67.4 Å². The zero-order chi connectivity index (χ0) is 20.9. The molecule has 3 aromatic rings. The number of nitrogens with one attached hydrogen (secondary N) is 2. The molecule has 0 fully saturated rings. The van der Waals surface area contributed by atoms with E-state index in [4.69, 9.17) is 4.74 Å². The molecule has 0 saturated heterocycles. The van der Waals surface area contributed by atoms with Gasteiger partial charge in [0.1, 0.15) is 5.00 Å². The van der Waals surface area contributed by atoms with Crippen LogP contribution in [0.4, 0.5) is 15.5 Å². The van der Waals surface area contributed by atoms with Crippen LogP contribution in [0, 0.1) is 0 Å². The molecule has 0 saturated carbocycles. The van der Waals surface area contributed by atoms with Crippen molar-refractivity contribution >= 4 is 44.8 Å². The molecule has 156 valence electrons. The van der Waals surface area contributed by atoms with Gasteiger partial charge >= 0.3 is 12.0 Å². The van der Waals surface area contributed by atoms with E-state index in [0.717, 1.165) is 47.7 Å². The summed E-state index contributed by atoms with van der Waals surface area (Å²) in [5.41, 5.74) is 2.32. The lowest BCUT2D eigenvalue weighted by molar-refractivity contribution is 0.0526. The van der Waals surface area contributed by atoms with E-state index in [1.807, 2.05) is 42.5 Å². The highest BCUT2D eigenvalue weighted by molar-refractivity contribution is 7.17. The molecule has 0 unspecified atom stereocenters. The van der Waals surface area contributed by atoms with E-state index < -0.39 is 0 Å². The molecule has 2 aromatic carbocycles. The van der Waals surface area contributed by atoms with E-state index in [2.05, 4.69) is 10.6 Å². The summed E-state index contributed by atoms with van der Waals surface area (Å²) in [4.78, 5) is 26.8. The first-order chi connectivity index (χ1) is 14.7. The molecule has 1 heterocycles. The van der Waals surface area contributed by atoms with Crippen molar-refractivity contribution in [1.82, 2.24) is 0 Å². The Morgan fingerprint density at radius 3 is 2.57 bits per heavy atom. The number of esters is 1. The molecule has 2 N–H and O–H groups in total. The van der Waals surface area contributed by atoms with E-state index in [0.29, 0.717) is 17.2 Å². The third-order valence-electron chi connectivity index (χ3n) is 5.42. The number of ether oxygens (including phenoxy) is 1. The zero-order valence-corrected chi connectivity index (χ0v) is 17.9. The number of carbonyl (C=O) groups excluding carboxylic acids is 2. The summed E-state index contributed by atoms with van der Waals surface area (Å²) in [7, 11) is 0. The number of benzene rings is 2. The number of urea groups is 1. The second-order valence-electron chi connectivity index (χ2n) is 7.45. The molecule has 6 heteroatoms. The molecule has 1 aliphatic rings. The van der Waals surface area contributed by atoms with Crippen molar-refractivity contribution in [1.29, 1.82) is 0 Å². The largest absolute Gasteiger partial charge is 0.462 e. The average molecular weight is 423 g/mol. The Bertz CT molecular complexity index is 1070. The van der Waals surface area contributed by atoms with Gasteiger partial charge in [-0.2, -0.15) is 0 Å². The van der Waals surface area contributed by atoms with Crippen molar-refractivity contribution in [2.75, 3.05) is 17.2 Å². The summed E-state index contributed by atoms with van der Waals surface area (Å²) >= 11 is 1.51. The first kappa shape index (κ1) is 20.4. The van der Waals surface area contributed by atoms with Gasteiger partial charge in [-0.15, -0.1) is 11.3 Å². The van der Waals surface area contributed by atoms with E-state index in [-0.39, 0.29) is 12.0 Å². The maximum atomic E-state index is 12.8. The van der Waals surface area contributed by atoms with Crippen LogP contribution >= 0.6 is 11.3 Å². The number of rotatable bonds is 4. The highest BCUT2D eigenvalue weighted by Crippen LogP contribution is 2.37.